The molecular formula is C9H12N6S. The van der Waals surface area contributed by atoms with Gasteiger partial charge in [0, 0.05) is 11.1 Å². The zero-order valence-electron chi connectivity index (χ0n) is 8.77. The largest absolute Gasteiger partial charge is 0.362 e. The molecule has 7 heteroatoms. The van der Waals surface area contributed by atoms with Crippen LogP contribution >= 0.6 is 11.3 Å². The number of thiazole rings is 1. The molecule has 0 aliphatic heterocycles. The average Bonchev–Trinajstić information content (AvgIpc) is 2.73. The van der Waals surface area contributed by atoms with Gasteiger partial charge in [0.25, 0.3) is 0 Å². The summed E-state index contributed by atoms with van der Waals surface area (Å²) in [5.74, 6) is 6.44. The molecule has 0 radical (unpaired) electrons. The highest BCUT2D eigenvalue weighted by atomic mass is 32.1. The van der Waals surface area contributed by atoms with Crippen LogP contribution in [0.2, 0.25) is 0 Å². The lowest BCUT2D eigenvalue weighted by atomic mass is 10.5. The molecule has 2 aromatic rings. The molecule has 0 amide bonds. The summed E-state index contributed by atoms with van der Waals surface area (Å²) in [6, 6.07) is 0. The first-order valence-electron chi connectivity index (χ1n) is 4.72. The Morgan fingerprint density at radius 1 is 1.31 bits per heavy atom. The molecule has 2 aromatic heterocycles. The number of aryl methyl sites for hydroxylation is 1. The lowest BCUT2D eigenvalue weighted by molar-refractivity contribution is 1.06. The van der Waals surface area contributed by atoms with Gasteiger partial charge in [0.15, 0.2) is 5.82 Å². The van der Waals surface area contributed by atoms with Crippen LogP contribution in [0.4, 0.5) is 11.6 Å². The molecule has 0 aliphatic carbocycles. The molecular weight excluding hydrogens is 224 g/mol. The molecule has 0 aliphatic rings. The Labute approximate surface area is 96.9 Å². The summed E-state index contributed by atoms with van der Waals surface area (Å²) in [4.78, 5) is 13.6. The molecule has 6 nitrogen and oxygen atoms in total. The zero-order chi connectivity index (χ0) is 11.4. The smallest absolute Gasteiger partial charge is 0.160 e. The zero-order valence-corrected chi connectivity index (χ0v) is 9.58. The maximum Gasteiger partial charge on any atom is 0.160 e. The topological polar surface area (TPSA) is 88.8 Å². The van der Waals surface area contributed by atoms with E-state index in [1.54, 1.807) is 23.7 Å². The first-order chi connectivity index (χ1) is 7.78. The van der Waals surface area contributed by atoms with Crippen LogP contribution in [0.25, 0.3) is 0 Å². The van der Waals surface area contributed by atoms with Gasteiger partial charge >= 0.3 is 0 Å². The van der Waals surface area contributed by atoms with E-state index in [0.29, 0.717) is 18.2 Å². The Bertz CT molecular complexity index is 469. The molecule has 0 fully saturated rings. The summed E-state index contributed by atoms with van der Waals surface area (Å²) >= 11 is 1.65. The van der Waals surface area contributed by atoms with E-state index in [9.17, 15) is 0 Å². The van der Waals surface area contributed by atoms with Crippen molar-refractivity contribution in [3.8, 4) is 0 Å². The van der Waals surface area contributed by atoms with E-state index in [4.69, 9.17) is 5.84 Å². The summed E-state index contributed by atoms with van der Waals surface area (Å²) in [6.07, 6.45) is 5.05. The van der Waals surface area contributed by atoms with Crippen LogP contribution in [0, 0.1) is 6.92 Å². The summed E-state index contributed by atoms with van der Waals surface area (Å²) in [7, 11) is 0. The van der Waals surface area contributed by atoms with Gasteiger partial charge in [0.2, 0.25) is 0 Å². The number of nitrogens with one attached hydrogen (secondary N) is 2. The number of nitrogens with two attached hydrogens (primary N) is 1. The first-order valence-corrected chi connectivity index (χ1v) is 5.53. The second kappa shape index (κ2) is 4.86. The van der Waals surface area contributed by atoms with Crippen LogP contribution in [0.15, 0.2) is 18.6 Å². The van der Waals surface area contributed by atoms with Crippen molar-refractivity contribution in [1.29, 1.82) is 0 Å². The van der Waals surface area contributed by atoms with Gasteiger partial charge < -0.3 is 10.7 Å². The maximum absolute atomic E-state index is 5.24. The number of rotatable bonds is 4. The summed E-state index contributed by atoms with van der Waals surface area (Å²) in [5.41, 5.74) is 2.44. The maximum atomic E-state index is 5.24. The van der Waals surface area contributed by atoms with Gasteiger partial charge in [-0.15, -0.1) is 11.3 Å². The second-order valence-corrected chi connectivity index (χ2v) is 4.47. The molecule has 0 spiro atoms. The van der Waals surface area contributed by atoms with Crippen molar-refractivity contribution in [3.05, 3.63) is 28.5 Å². The Morgan fingerprint density at radius 3 is 2.81 bits per heavy atom. The van der Waals surface area contributed by atoms with Crippen molar-refractivity contribution in [2.24, 2.45) is 5.84 Å². The van der Waals surface area contributed by atoms with Gasteiger partial charge in [-0.2, -0.15) is 0 Å². The molecule has 84 valence electrons. The van der Waals surface area contributed by atoms with E-state index in [1.165, 1.54) is 4.88 Å². The van der Waals surface area contributed by atoms with E-state index in [-0.39, 0.29) is 0 Å². The van der Waals surface area contributed by atoms with E-state index in [1.807, 2.05) is 13.1 Å². The van der Waals surface area contributed by atoms with Gasteiger partial charge in [-0.05, 0) is 6.92 Å². The molecule has 4 N–H and O–H groups in total. The third kappa shape index (κ3) is 2.65. The SMILES string of the molecule is Cc1cnc(CNc2cncc(NN)n2)s1. The Kier molecular flexibility index (Phi) is 3.28. The highest BCUT2D eigenvalue weighted by Gasteiger charge is 2.00. The summed E-state index contributed by atoms with van der Waals surface area (Å²) in [6.45, 7) is 2.67. The van der Waals surface area contributed by atoms with Crippen molar-refractivity contribution in [2.45, 2.75) is 13.5 Å². The number of anilines is 2. The first kappa shape index (κ1) is 10.8. The van der Waals surface area contributed by atoms with Gasteiger partial charge in [0.05, 0.1) is 18.9 Å². The molecule has 2 rings (SSSR count). The van der Waals surface area contributed by atoms with Crippen LogP contribution in [0.3, 0.4) is 0 Å². The molecule has 0 atom stereocenters. The van der Waals surface area contributed by atoms with Gasteiger partial charge in [-0.3, -0.25) is 4.98 Å². The number of hydrazine groups is 1. The second-order valence-electron chi connectivity index (χ2n) is 3.15. The number of aromatic nitrogens is 3. The van der Waals surface area contributed by atoms with Gasteiger partial charge in [-0.1, -0.05) is 0 Å². The number of hydrogen-bond donors (Lipinski definition) is 3. The number of hydrogen-bond acceptors (Lipinski definition) is 7. The van der Waals surface area contributed by atoms with Crippen molar-refractivity contribution >= 4 is 23.0 Å². The average molecular weight is 236 g/mol. The fourth-order valence-electron chi connectivity index (χ4n) is 1.17. The highest BCUT2D eigenvalue weighted by Crippen LogP contribution is 2.13. The molecule has 0 unspecified atom stereocenters. The summed E-state index contributed by atoms with van der Waals surface area (Å²) < 4.78 is 0. The van der Waals surface area contributed by atoms with Crippen LogP contribution in [0.1, 0.15) is 9.88 Å². The molecule has 16 heavy (non-hydrogen) atoms. The van der Waals surface area contributed by atoms with Crippen molar-refractivity contribution in [1.82, 2.24) is 15.0 Å². The Hall–Kier alpha value is -1.73. The van der Waals surface area contributed by atoms with E-state index in [2.05, 4.69) is 25.7 Å². The fraction of sp³-hybridized carbons (Fsp3) is 0.222. The van der Waals surface area contributed by atoms with Crippen LogP contribution in [0.5, 0.6) is 0 Å². The highest BCUT2D eigenvalue weighted by molar-refractivity contribution is 7.11. The lowest BCUT2D eigenvalue weighted by Crippen LogP contribution is -2.10. The monoisotopic (exact) mass is 236 g/mol. The van der Waals surface area contributed by atoms with Gasteiger partial charge in [-0.25, -0.2) is 15.8 Å². The van der Waals surface area contributed by atoms with Crippen molar-refractivity contribution in [2.75, 3.05) is 10.7 Å². The normalized spacial score (nSPS) is 10.1. The van der Waals surface area contributed by atoms with E-state index < -0.39 is 0 Å². The van der Waals surface area contributed by atoms with Crippen LogP contribution in [-0.2, 0) is 6.54 Å². The van der Waals surface area contributed by atoms with Crippen LogP contribution < -0.4 is 16.6 Å². The van der Waals surface area contributed by atoms with E-state index in [0.717, 1.165) is 5.01 Å². The minimum Gasteiger partial charge on any atom is -0.362 e. The minimum atomic E-state index is 0.528. The molecule has 0 aromatic carbocycles. The Balaban J connectivity index is 1.99. The van der Waals surface area contributed by atoms with Crippen molar-refractivity contribution < 1.29 is 0 Å². The van der Waals surface area contributed by atoms with Gasteiger partial charge in [0.1, 0.15) is 10.8 Å². The lowest BCUT2D eigenvalue weighted by Gasteiger charge is -2.04. The predicted octanol–water partition coefficient (Wildman–Crippen LogP) is 1.14. The van der Waals surface area contributed by atoms with Crippen molar-refractivity contribution in [3.63, 3.8) is 0 Å². The standard InChI is InChI=1S/C9H12N6S/c1-6-2-13-9(16-6)5-12-7-3-11-4-8(14-7)15-10/h2-4H,5,10H2,1H3,(H2,12,14,15). The fourth-order valence-corrected chi connectivity index (χ4v) is 1.90. The molecule has 0 saturated carbocycles. The molecule has 2 heterocycles. The quantitative estimate of drug-likeness (QED) is 0.545. The number of nitrogens with zero attached hydrogens (tertiary/aromatic N) is 3. The minimum absolute atomic E-state index is 0.528. The third-order valence-electron chi connectivity index (χ3n) is 1.87. The molecule has 0 bridgehead atoms. The predicted molar refractivity (Wildman–Crippen MR) is 64.0 cm³/mol. The third-order valence-corrected chi connectivity index (χ3v) is 2.79. The number of nitrogen functional groups attached to an aromatic ring is 1. The summed E-state index contributed by atoms with van der Waals surface area (Å²) in [5, 5.41) is 4.15. The Morgan fingerprint density at radius 2 is 2.12 bits per heavy atom. The molecule has 0 saturated heterocycles. The van der Waals surface area contributed by atoms with Crippen LogP contribution in [-0.4, -0.2) is 15.0 Å². The van der Waals surface area contributed by atoms with E-state index >= 15 is 0 Å².